The molecule has 0 unspecified atom stereocenters. The highest BCUT2D eigenvalue weighted by Gasteiger charge is 2.20. The van der Waals surface area contributed by atoms with Crippen LogP contribution in [0.5, 0.6) is 0 Å². The summed E-state index contributed by atoms with van der Waals surface area (Å²) in [5, 5.41) is 8.80. The van der Waals surface area contributed by atoms with Gasteiger partial charge in [0.25, 0.3) is 0 Å². The Morgan fingerprint density at radius 1 is 0.886 bits per heavy atom. The molecule has 7 nitrogen and oxygen atoms in total. The predicted octanol–water partition coefficient (Wildman–Crippen LogP) is 4.07. The molecule has 0 bridgehead atoms. The molecular weight excluding hydrogens is 442 g/mol. The van der Waals surface area contributed by atoms with Crippen LogP contribution in [-0.2, 0) is 25.5 Å². The summed E-state index contributed by atoms with van der Waals surface area (Å²) < 4.78 is 5.32. The predicted molar refractivity (Wildman–Crippen MR) is 141 cm³/mol. The van der Waals surface area contributed by atoms with Gasteiger partial charge in [-0.1, -0.05) is 43.7 Å². The molecule has 1 aromatic rings. The molecule has 0 heterocycles. The molecule has 0 spiro atoms. The third-order valence-electron chi connectivity index (χ3n) is 5.70. The fraction of sp³-hybridized carbons (Fsp3) is 0.679. The SMILES string of the molecule is CCOCCCCNC(=O)[C@H](CCCCNC(=O)CCCc1ccc(C)cc1)NC(=O)CC(C)C. The Balaban J connectivity index is 2.30. The number of hydrogen-bond acceptors (Lipinski definition) is 4. The van der Waals surface area contributed by atoms with Gasteiger partial charge in [0.05, 0.1) is 0 Å². The molecule has 0 saturated carbocycles. The molecule has 0 saturated heterocycles. The lowest BCUT2D eigenvalue weighted by Crippen LogP contribution is -2.47. The lowest BCUT2D eigenvalue weighted by atomic mass is 10.1. The van der Waals surface area contributed by atoms with E-state index in [4.69, 9.17) is 4.74 Å². The molecule has 198 valence electrons. The van der Waals surface area contributed by atoms with Crippen molar-refractivity contribution < 1.29 is 19.1 Å². The normalized spacial score (nSPS) is 11.8. The Kier molecular flexibility index (Phi) is 16.5. The Labute approximate surface area is 212 Å². The second-order valence-corrected chi connectivity index (χ2v) is 9.60. The van der Waals surface area contributed by atoms with Gasteiger partial charge < -0.3 is 20.7 Å². The number of nitrogens with one attached hydrogen (secondary N) is 3. The third kappa shape index (κ3) is 16.0. The van der Waals surface area contributed by atoms with Crippen LogP contribution in [0, 0.1) is 12.8 Å². The molecule has 3 amide bonds. The van der Waals surface area contributed by atoms with Gasteiger partial charge in [0.2, 0.25) is 17.7 Å². The van der Waals surface area contributed by atoms with Crippen LogP contribution in [0.15, 0.2) is 24.3 Å². The van der Waals surface area contributed by atoms with E-state index in [0.717, 1.165) is 38.5 Å². The summed E-state index contributed by atoms with van der Waals surface area (Å²) >= 11 is 0. The second-order valence-electron chi connectivity index (χ2n) is 9.60. The van der Waals surface area contributed by atoms with Crippen LogP contribution in [0.25, 0.3) is 0 Å². The van der Waals surface area contributed by atoms with E-state index < -0.39 is 6.04 Å². The van der Waals surface area contributed by atoms with Gasteiger partial charge in [0, 0.05) is 39.1 Å². The Bertz CT molecular complexity index is 734. The molecular formula is C28H47N3O4. The molecule has 7 heteroatoms. The van der Waals surface area contributed by atoms with E-state index in [9.17, 15) is 14.4 Å². The molecule has 3 N–H and O–H groups in total. The van der Waals surface area contributed by atoms with Crippen molar-refractivity contribution in [3.8, 4) is 0 Å². The lowest BCUT2D eigenvalue weighted by Gasteiger charge is -2.19. The first-order chi connectivity index (χ1) is 16.8. The van der Waals surface area contributed by atoms with Crippen LogP contribution in [0.3, 0.4) is 0 Å². The van der Waals surface area contributed by atoms with E-state index in [0.29, 0.717) is 45.6 Å². The maximum absolute atomic E-state index is 12.7. The highest BCUT2D eigenvalue weighted by Crippen LogP contribution is 2.08. The van der Waals surface area contributed by atoms with Crippen LogP contribution < -0.4 is 16.0 Å². The average Bonchev–Trinajstić information content (AvgIpc) is 2.81. The summed E-state index contributed by atoms with van der Waals surface area (Å²) in [6, 6.07) is 7.87. The number of ether oxygens (including phenoxy) is 1. The standard InChI is InChI=1S/C28H47N3O4/c1-5-35-20-9-8-19-30-28(34)25(31-27(33)21-22(2)3)12-6-7-18-29-26(32)13-10-11-24-16-14-23(4)15-17-24/h14-17,22,25H,5-13,18-21H2,1-4H3,(H,29,32)(H,30,34)(H,31,33)/t25-/m0/s1. The van der Waals surface area contributed by atoms with Crippen LogP contribution in [0.4, 0.5) is 0 Å². The number of amides is 3. The number of benzene rings is 1. The average molecular weight is 490 g/mol. The summed E-state index contributed by atoms with van der Waals surface area (Å²) in [5.74, 6) is 0.0548. The summed E-state index contributed by atoms with van der Waals surface area (Å²) in [7, 11) is 0. The zero-order valence-corrected chi connectivity index (χ0v) is 22.3. The van der Waals surface area contributed by atoms with Crippen molar-refractivity contribution in [1.82, 2.24) is 16.0 Å². The fourth-order valence-corrected chi connectivity index (χ4v) is 3.70. The molecule has 0 aliphatic rings. The van der Waals surface area contributed by atoms with Gasteiger partial charge in [-0.2, -0.15) is 0 Å². The van der Waals surface area contributed by atoms with Gasteiger partial charge in [-0.15, -0.1) is 0 Å². The number of hydrogen-bond donors (Lipinski definition) is 3. The van der Waals surface area contributed by atoms with Crippen LogP contribution in [0.2, 0.25) is 0 Å². The fourth-order valence-electron chi connectivity index (χ4n) is 3.70. The molecule has 1 atom stereocenters. The van der Waals surface area contributed by atoms with Crippen LogP contribution >= 0.6 is 0 Å². The first-order valence-electron chi connectivity index (χ1n) is 13.3. The number of rotatable bonds is 19. The zero-order valence-electron chi connectivity index (χ0n) is 22.3. The highest BCUT2D eigenvalue weighted by molar-refractivity contribution is 5.87. The van der Waals surface area contributed by atoms with Crippen LogP contribution in [0.1, 0.15) is 83.3 Å². The van der Waals surface area contributed by atoms with Crippen molar-refractivity contribution in [2.24, 2.45) is 5.92 Å². The van der Waals surface area contributed by atoms with Gasteiger partial charge in [0.1, 0.15) is 6.04 Å². The topological polar surface area (TPSA) is 96.5 Å². The summed E-state index contributed by atoms with van der Waals surface area (Å²) in [4.78, 5) is 37.0. The third-order valence-corrected chi connectivity index (χ3v) is 5.70. The molecule has 0 aliphatic heterocycles. The Hall–Kier alpha value is -2.41. The monoisotopic (exact) mass is 489 g/mol. The van der Waals surface area contributed by atoms with Gasteiger partial charge in [0.15, 0.2) is 0 Å². The highest BCUT2D eigenvalue weighted by atomic mass is 16.5. The molecule has 1 rings (SSSR count). The van der Waals surface area contributed by atoms with Gasteiger partial charge >= 0.3 is 0 Å². The molecule has 0 aromatic heterocycles. The maximum Gasteiger partial charge on any atom is 0.242 e. The van der Waals surface area contributed by atoms with Crippen molar-refractivity contribution in [3.05, 3.63) is 35.4 Å². The molecule has 0 radical (unpaired) electrons. The summed E-state index contributed by atoms with van der Waals surface area (Å²) in [6.07, 6.45) is 6.42. The van der Waals surface area contributed by atoms with E-state index in [1.165, 1.54) is 11.1 Å². The second kappa shape index (κ2) is 18.9. The smallest absolute Gasteiger partial charge is 0.242 e. The van der Waals surface area contributed by atoms with Gasteiger partial charge in [-0.05, 0) is 70.3 Å². The first kappa shape index (κ1) is 30.6. The quantitative estimate of drug-likeness (QED) is 0.255. The lowest BCUT2D eigenvalue weighted by molar-refractivity contribution is -0.129. The Morgan fingerprint density at radius 3 is 2.26 bits per heavy atom. The molecule has 35 heavy (non-hydrogen) atoms. The van der Waals surface area contributed by atoms with E-state index in [2.05, 4.69) is 47.1 Å². The number of aryl methyl sites for hydroxylation is 2. The van der Waals surface area contributed by atoms with Crippen LogP contribution in [-0.4, -0.2) is 50.1 Å². The zero-order chi connectivity index (χ0) is 25.9. The largest absolute Gasteiger partial charge is 0.382 e. The van der Waals surface area contributed by atoms with Crippen molar-refractivity contribution >= 4 is 17.7 Å². The number of unbranched alkanes of at least 4 members (excludes halogenated alkanes) is 2. The number of carbonyl (C=O) groups excluding carboxylic acids is 3. The van der Waals surface area contributed by atoms with Gasteiger partial charge in [-0.25, -0.2) is 0 Å². The van der Waals surface area contributed by atoms with Crippen molar-refractivity contribution in [1.29, 1.82) is 0 Å². The van der Waals surface area contributed by atoms with Crippen molar-refractivity contribution in [2.75, 3.05) is 26.3 Å². The van der Waals surface area contributed by atoms with E-state index in [-0.39, 0.29) is 23.6 Å². The molecule has 0 aliphatic carbocycles. The van der Waals surface area contributed by atoms with E-state index >= 15 is 0 Å². The van der Waals surface area contributed by atoms with E-state index in [1.807, 2.05) is 20.8 Å². The van der Waals surface area contributed by atoms with Crippen molar-refractivity contribution in [3.63, 3.8) is 0 Å². The minimum absolute atomic E-state index is 0.0590. The Morgan fingerprint density at radius 2 is 1.57 bits per heavy atom. The summed E-state index contributed by atoms with van der Waals surface area (Å²) in [5.41, 5.74) is 2.49. The minimum atomic E-state index is -0.543. The molecule has 0 fully saturated rings. The van der Waals surface area contributed by atoms with Gasteiger partial charge in [-0.3, -0.25) is 14.4 Å². The van der Waals surface area contributed by atoms with E-state index in [1.54, 1.807) is 0 Å². The summed E-state index contributed by atoms with van der Waals surface area (Å²) in [6.45, 7) is 10.5. The maximum atomic E-state index is 12.7. The number of carbonyl (C=O) groups is 3. The minimum Gasteiger partial charge on any atom is -0.382 e. The van der Waals surface area contributed by atoms with Crippen molar-refractivity contribution in [2.45, 2.75) is 91.5 Å². The first-order valence-corrected chi connectivity index (χ1v) is 13.3. The molecule has 1 aromatic carbocycles.